The standard InChI is InChI=1S/C22H26N2O2/c23-19-11-7-17(8-12-19)22(18-9-13-20(14-10-18)24(25)26)15-3-6-21(22)16-4-1-2-5-16/h7-14,16,21H,1-6,15,23H2. The molecule has 0 aliphatic heterocycles. The third kappa shape index (κ3) is 2.77. The minimum Gasteiger partial charge on any atom is -0.399 e. The molecule has 2 atom stereocenters. The van der Waals surface area contributed by atoms with Gasteiger partial charge in [-0.25, -0.2) is 0 Å². The van der Waals surface area contributed by atoms with E-state index in [0.29, 0.717) is 5.92 Å². The number of hydrogen-bond donors (Lipinski definition) is 1. The molecule has 4 heteroatoms. The van der Waals surface area contributed by atoms with E-state index in [1.165, 1.54) is 49.7 Å². The van der Waals surface area contributed by atoms with Crippen molar-refractivity contribution in [1.29, 1.82) is 0 Å². The predicted octanol–water partition coefficient (Wildman–Crippen LogP) is 5.45. The lowest BCUT2D eigenvalue weighted by Crippen LogP contribution is -2.35. The van der Waals surface area contributed by atoms with Gasteiger partial charge in [-0.15, -0.1) is 0 Å². The summed E-state index contributed by atoms with van der Waals surface area (Å²) in [7, 11) is 0. The number of non-ortho nitro benzene ring substituents is 1. The Bertz CT molecular complexity index is 779. The molecule has 0 bridgehead atoms. The van der Waals surface area contributed by atoms with E-state index in [0.717, 1.165) is 18.0 Å². The number of anilines is 1. The van der Waals surface area contributed by atoms with Gasteiger partial charge in [0.1, 0.15) is 0 Å². The molecule has 2 aromatic carbocycles. The summed E-state index contributed by atoms with van der Waals surface area (Å²) >= 11 is 0. The van der Waals surface area contributed by atoms with Crippen molar-refractivity contribution >= 4 is 11.4 Å². The van der Waals surface area contributed by atoms with E-state index >= 15 is 0 Å². The lowest BCUT2D eigenvalue weighted by molar-refractivity contribution is -0.384. The highest BCUT2D eigenvalue weighted by Crippen LogP contribution is 2.56. The van der Waals surface area contributed by atoms with Crippen LogP contribution in [0.2, 0.25) is 0 Å². The Labute approximate surface area is 154 Å². The maximum Gasteiger partial charge on any atom is 0.269 e. The van der Waals surface area contributed by atoms with E-state index in [9.17, 15) is 10.1 Å². The second kappa shape index (κ2) is 6.75. The number of nitro groups is 1. The number of nitrogen functional groups attached to an aromatic ring is 1. The van der Waals surface area contributed by atoms with Crippen LogP contribution < -0.4 is 5.73 Å². The molecular formula is C22H26N2O2. The summed E-state index contributed by atoms with van der Waals surface area (Å²) in [6, 6.07) is 15.6. The zero-order chi connectivity index (χ0) is 18.1. The second-order valence-corrected chi connectivity index (χ2v) is 7.94. The molecule has 0 amide bonds. The number of hydrogen-bond acceptors (Lipinski definition) is 3. The first-order chi connectivity index (χ1) is 12.6. The van der Waals surface area contributed by atoms with Gasteiger partial charge >= 0.3 is 0 Å². The molecule has 0 radical (unpaired) electrons. The Morgan fingerprint density at radius 3 is 2.04 bits per heavy atom. The Kier molecular flexibility index (Phi) is 4.43. The van der Waals surface area contributed by atoms with Gasteiger partial charge in [-0.2, -0.15) is 0 Å². The lowest BCUT2D eigenvalue weighted by atomic mass is 9.63. The van der Waals surface area contributed by atoms with Crippen LogP contribution in [0.4, 0.5) is 11.4 Å². The fourth-order valence-electron chi connectivity index (χ4n) is 5.58. The summed E-state index contributed by atoms with van der Waals surface area (Å²) < 4.78 is 0. The van der Waals surface area contributed by atoms with Crippen molar-refractivity contribution in [1.82, 2.24) is 0 Å². The van der Waals surface area contributed by atoms with Crippen LogP contribution in [0.3, 0.4) is 0 Å². The highest BCUT2D eigenvalue weighted by Gasteiger charge is 2.49. The number of nitrogens with zero attached hydrogens (tertiary/aromatic N) is 1. The van der Waals surface area contributed by atoms with Gasteiger partial charge in [-0.3, -0.25) is 10.1 Å². The molecule has 4 nitrogen and oxygen atoms in total. The van der Waals surface area contributed by atoms with E-state index in [1.807, 2.05) is 24.3 Å². The summed E-state index contributed by atoms with van der Waals surface area (Å²) in [5, 5.41) is 11.1. The first kappa shape index (κ1) is 17.1. The van der Waals surface area contributed by atoms with Crippen LogP contribution in [0.1, 0.15) is 56.1 Å². The van der Waals surface area contributed by atoms with Crippen LogP contribution in [0.25, 0.3) is 0 Å². The molecule has 2 fully saturated rings. The van der Waals surface area contributed by atoms with Gasteiger partial charge in [0, 0.05) is 23.2 Å². The molecule has 0 spiro atoms. The lowest BCUT2D eigenvalue weighted by Gasteiger charge is -2.40. The van der Waals surface area contributed by atoms with E-state index in [-0.39, 0.29) is 16.0 Å². The number of rotatable bonds is 4. The Morgan fingerprint density at radius 2 is 1.46 bits per heavy atom. The summed E-state index contributed by atoms with van der Waals surface area (Å²) in [4.78, 5) is 10.8. The first-order valence-corrected chi connectivity index (χ1v) is 9.72. The van der Waals surface area contributed by atoms with Crippen molar-refractivity contribution in [2.75, 3.05) is 5.73 Å². The molecule has 0 saturated heterocycles. The van der Waals surface area contributed by atoms with Crippen molar-refractivity contribution in [3.63, 3.8) is 0 Å². The zero-order valence-electron chi connectivity index (χ0n) is 15.1. The average molecular weight is 350 g/mol. The van der Waals surface area contributed by atoms with Crippen molar-refractivity contribution in [3.8, 4) is 0 Å². The molecule has 2 aliphatic carbocycles. The van der Waals surface area contributed by atoms with E-state index in [1.54, 1.807) is 12.1 Å². The number of benzene rings is 2. The largest absolute Gasteiger partial charge is 0.399 e. The minimum absolute atomic E-state index is 0.0438. The molecular weight excluding hydrogens is 324 g/mol. The fraction of sp³-hybridized carbons (Fsp3) is 0.455. The summed E-state index contributed by atoms with van der Waals surface area (Å²) in [6.07, 6.45) is 8.85. The van der Waals surface area contributed by atoms with Gasteiger partial charge in [0.15, 0.2) is 0 Å². The highest BCUT2D eigenvalue weighted by molar-refractivity contribution is 5.49. The Hall–Kier alpha value is -2.36. The van der Waals surface area contributed by atoms with Gasteiger partial charge in [0.2, 0.25) is 0 Å². The zero-order valence-corrected chi connectivity index (χ0v) is 15.1. The Balaban J connectivity index is 1.83. The van der Waals surface area contributed by atoms with Gasteiger partial charge < -0.3 is 5.73 Å². The molecule has 2 N–H and O–H groups in total. The monoisotopic (exact) mass is 350 g/mol. The molecule has 2 aromatic rings. The summed E-state index contributed by atoms with van der Waals surface area (Å²) in [5.74, 6) is 1.36. The van der Waals surface area contributed by atoms with E-state index < -0.39 is 0 Å². The molecule has 26 heavy (non-hydrogen) atoms. The first-order valence-electron chi connectivity index (χ1n) is 9.72. The molecule has 4 rings (SSSR count). The van der Waals surface area contributed by atoms with Crippen molar-refractivity contribution in [2.45, 2.75) is 50.4 Å². The van der Waals surface area contributed by atoms with Crippen molar-refractivity contribution in [2.24, 2.45) is 11.8 Å². The SMILES string of the molecule is Nc1ccc(C2(c3ccc([N+](=O)[O-])cc3)CCCC2C2CCCC2)cc1. The molecule has 2 saturated carbocycles. The van der Waals surface area contributed by atoms with Crippen LogP contribution in [0, 0.1) is 22.0 Å². The maximum atomic E-state index is 11.1. The summed E-state index contributed by atoms with van der Waals surface area (Å²) in [5.41, 5.74) is 9.38. The van der Waals surface area contributed by atoms with Gasteiger partial charge in [0.05, 0.1) is 4.92 Å². The smallest absolute Gasteiger partial charge is 0.269 e. The van der Waals surface area contributed by atoms with Gasteiger partial charge in [-0.05, 0) is 47.9 Å². The molecule has 0 heterocycles. The summed E-state index contributed by atoms with van der Waals surface area (Å²) in [6.45, 7) is 0. The topological polar surface area (TPSA) is 69.2 Å². The number of nitrogens with two attached hydrogens (primary N) is 1. The molecule has 2 unspecified atom stereocenters. The maximum absolute atomic E-state index is 11.1. The van der Waals surface area contributed by atoms with E-state index in [4.69, 9.17) is 5.73 Å². The molecule has 0 aromatic heterocycles. The van der Waals surface area contributed by atoms with Gasteiger partial charge in [-0.1, -0.05) is 56.4 Å². The van der Waals surface area contributed by atoms with Crippen LogP contribution in [0.15, 0.2) is 48.5 Å². The van der Waals surface area contributed by atoms with Crippen molar-refractivity contribution in [3.05, 3.63) is 69.8 Å². The Morgan fingerprint density at radius 1 is 0.885 bits per heavy atom. The molecule has 136 valence electrons. The van der Waals surface area contributed by atoms with Crippen molar-refractivity contribution < 1.29 is 4.92 Å². The highest BCUT2D eigenvalue weighted by atomic mass is 16.6. The van der Waals surface area contributed by atoms with E-state index in [2.05, 4.69) is 12.1 Å². The normalized spacial score (nSPS) is 26.2. The van der Waals surface area contributed by atoms with Gasteiger partial charge in [0.25, 0.3) is 5.69 Å². The van der Waals surface area contributed by atoms with Crippen LogP contribution in [-0.2, 0) is 5.41 Å². The quantitative estimate of drug-likeness (QED) is 0.452. The fourth-order valence-corrected chi connectivity index (χ4v) is 5.58. The second-order valence-electron chi connectivity index (χ2n) is 7.94. The third-order valence-corrected chi connectivity index (χ3v) is 6.71. The average Bonchev–Trinajstić information content (AvgIpc) is 3.32. The predicted molar refractivity (Wildman–Crippen MR) is 104 cm³/mol. The molecule has 2 aliphatic rings. The minimum atomic E-state index is -0.317. The van der Waals surface area contributed by atoms with Crippen LogP contribution in [-0.4, -0.2) is 4.92 Å². The van der Waals surface area contributed by atoms with Crippen LogP contribution in [0.5, 0.6) is 0 Å². The third-order valence-electron chi connectivity index (χ3n) is 6.71. The van der Waals surface area contributed by atoms with Crippen LogP contribution >= 0.6 is 0 Å². The number of nitro benzene ring substituents is 1.